The molecule has 0 spiro atoms. The zero-order valence-electron chi connectivity index (χ0n) is 14.8. The van der Waals surface area contributed by atoms with Gasteiger partial charge >= 0.3 is 0 Å². The van der Waals surface area contributed by atoms with E-state index >= 15 is 0 Å². The first-order valence-corrected chi connectivity index (χ1v) is 9.03. The van der Waals surface area contributed by atoms with Crippen LogP contribution in [-0.2, 0) is 6.42 Å². The highest BCUT2D eigenvalue weighted by Crippen LogP contribution is 2.26. The van der Waals surface area contributed by atoms with E-state index in [0.717, 1.165) is 35.7 Å². The number of hydrogen-bond donors (Lipinski definition) is 1. The molecule has 6 heteroatoms. The van der Waals surface area contributed by atoms with Crippen LogP contribution in [0.4, 0.5) is 5.82 Å². The van der Waals surface area contributed by atoms with Crippen LogP contribution in [0.15, 0.2) is 54.9 Å². The molecule has 1 aromatic carbocycles. The third-order valence-corrected chi connectivity index (χ3v) is 4.17. The standard InChI is InChI=1S/C20H21ClN4O/c1-3-15-12-19(25-20(21)23-15)24-18(4-2)14-7-9-16(10-8-14)26-17-6-5-11-22-13-17/h5-13,18H,3-4H2,1-2H3,(H,23,24,25). The molecule has 2 heterocycles. The van der Waals surface area contributed by atoms with Crippen LogP contribution in [0.5, 0.6) is 11.5 Å². The summed E-state index contributed by atoms with van der Waals surface area (Å²) < 4.78 is 5.79. The monoisotopic (exact) mass is 368 g/mol. The number of anilines is 1. The molecule has 1 atom stereocenters. The van der Waals surface area contributed by atoms with Crippen LogP contribution in [-0.4, -0.2) is 15.0 Å². The largest absolute Gasteiger partial charge is 0.456 e. The molecule has 2 aromatic heterocycles. The molecular formula is C20H21ClN4O. The normalized spacial score (nSPS) is 11.8. The van der Waals surface area contributed by atoms with E-state index in [2.05, 4.69) is 39.3 Å². The summed E-state index contributed by atoms with van der Waals surface area (Å²) in [6.45, 7) is 4.17. The van der Waals surface area contributed by atoms with Crippen LogP contribution in [0.25, 0.3) is 0 Å². The number of hydrogen-bond acceptors (Lipinski definition) is 5. The van der Waals surface area contributed by atoms with E-state index in [0.29, 0.717) is 5.75 Å². The Morgan fingerprint density at radius 3 is 2.54 bits per heavy atom. The molecule has 5 nitrogen and oxygen atoms in total. The minimum atomic E-state index is 0.123. The van der Waals surface area contributed by atoms with Gasteiger partial charge in [0.25, 0.3) is 0 Å². The minimum absolute atomic E-state index is 0.123. The molecule has 1 unspecified atom stereocenters. The highest BCUT2D eigenvalue weighted by Gasteiger charge is 2.12. The molecule has 26 heavy (non-hydrogen) atoms. The summed E-state index contributed by atoms with van der Waals surface area (Å²) in [5.74, 6) is 2.23. The third kappa shape index (κ3) is 4.70. The SMILES string of the molecule is CCc1cc(NC(CC)c2ccc(Oc3cccnc3)cc2)nc(Cl)n1. The molecule has 0 aliphatic carbocycles. The Labute approximate surface area is 158 Å². The van der Waals surface area contributed by atoms with E-state index < -0.39 is 0 Å². The molecule has 0 radical (unpaired) electrons. The van der Waals surface area contributed by atoms with Gasteiger partial charge in [-0.05, 0) is 54.3 Å². The van der Waals surface area contributed by atoms with Crippen molar-refractivity contribution in [3.63, 3.8) is 0 Å². The lowest BCUT2D eigenvalue weighted by molar-refractivity contribution is 0.480. The second kappa shape index (κ2) is 8.63. The molecule has 0 saturated heterocycles. The Morgan fingerprint density at radius 1 is 1.08 bits per heavy atom. The second-order valence-electron chi connectivity index (χ2n) is 5.83. The van der Waals surface area contributed by atoms with Crippen molar-refractivity contribution in [3.8, 4) is 11.5 Å². The fourth-order valence-corrected chi connectivity index (χ4v) is 2.83. The van der Waals surface area contributed by atoms with Crippen molar-refractivity contribution in [1.82, 2.24) is 15.0 Å². The average Bonchev–Trinajstić information content (AvgIpc) is 2.67. The topological polar surface area (TPSA) is 59.9 Å². The predicted molar refractivity (Wildman–Crippen MR) is 104 cm³/mol. The predicted octanol–water partition coefficient (Wildman–Crippen LogP) is 5.44. The summed E-state index contributed by atoms with van der Waals surface area (Å²) in [6, 6.07) is 13.8. The van der Waals surface area contributed by atoms with Crippen LogP contribution in [0.3, 0.4) is 0 Å². The van der Waals surface area contributed by atoms with Crippen LogP contribution in [0.2, 0.25) is 5.28 Å². The number of nitrogens with zero attached hydrogens (tertiary/aromatic N) is 3. The molecule has 0 bridgehead atoms. The first-order valence-electron chi connectivity index (χ1n) is 8.65. The van der Waals surface area contributed by atoms with Crippen LogP contribution in [0.1, 0.15) is 37.6 Å². The van der Waals surface area contributed by atoms with Crippen LogP contribution in [0, 0.1) is 0 Å². The molecule has 1 N–H and O–H groups in total. The lowest BCUT2D eigenvalue weighted by Gasteiger charge is -2.19. The van der Waals surface area contributed by atoms with Gasteiger partial charge in [0.05, 0.1) is 12.2 Å². The Bertz CT molecular complexity index is 840. The lowest BCUT2D eigenvalue weighted by atomic mass is 10.0. The van der Waals surface area contributed by atoms with Crippen molar-refractivity contribution in [2.24, 2.45) is 0 Å². The van der Waals surface area contributed by atoms with E-state index in [1.165, 1.54) is 0 Å². The number of nitrogens with one attached hydrogen (secondary N) is 1. The molecule has 0 aliphatic rings. The minimum Gasteiger partial charge on any atom is -0.456 e. The summed E-state index contributed by atoms with van der Waals surface area (Å²) in [7, 11) is 0. The van der Waals surface area contributed by atoms with E-state index in [4.69, 9.17) is 16.3 Å². The lowest BCUT2D eigenvalue weighted by Crippen LogP contribution is -2.11. The maximum Gasteiger partial charge on any atom is 0.224 e. The average molecular weight is 369 g/mol. The van der Waals surface area contributed by atoms with Gasteiger partial charge in [0.2, 0.25) is 5.28 Å². The highest BCUT2D eigenvalue weighted by atomic mass is 35.5. The van der Waals surface area contributed by atoms with Gasteiger partial charge in [-0.2, -0.15) is 0 Å². The van der Waals surface area contributed by atoms with E-state index in [1.807, 2.05) is 37.3 Å². The molecule has 0 aliphatic heterocycles. The smallest absolute Gasteiger partial charge is 0.224 e. The molecule has 134 valence electrons. The maximum atomic E-state index is 6.02. The fraction of sp³-hybridized carbons (Fsp3) is 0.250. The van der Waals surface area contributed by atoms with Gasteiger partial charge in [-0.3, -0.25) is 4.98 Å². The Kier molecular flexibility index (Phi) is 6.02. The van der Waals surface area contributed by atoms with Crippen molar-refractivity contribution in [1.29, 1.82) is 0 Å². The number of pyridine rings is 1. The number of halogens is 1. The van der Waals surface area contributed by atoms with Gasteiger partial charge in [-0.1, -0.05) is 26.0 Å². The number of ether oxygens (including phenoxy) is 1. The fourth-order valence-electron chi connectivity index (χ4n) is 2.63. The molecule has 3 rings (SSSR count). The summed E-state index contributed by atoms with van der Waals surface area (Å²) in [4.78, 5) is 12.5. The van der Waals surface area contributed by atoms with Gasteiger partial charge in [0.1, 0.15) is 17.3 Å². The zero-order chi connectivity index (χ0) is 18.4. The Hall–Kier alpha value is -2.66. The quantitative estimate of drug-likeness (QED) is 0.562. The number of benzene rings is 1. The summed E-state index contributed by atoms with van der Waals surface area (Å²) in [5, 5.41) is 3.71. The number of aromatic nitrogens is 3. The van der Waals surface area contributed by atoms with Crippen molar-refractivity contribution in [2.75, 3.05) is 5.32 Å². The summed E-state index contributed by atoms with van der Waals surface area (Å²) in [6.07, 6.45) is 5.13. The summed E-state index contributed by atoms with van der Waals surface area (Å²) >= 11 is 6.02. The van der Waals surface area contributed by atoms with E-state index in [-0.39, 0.29) is 11.3 Å². The van der Waals surface area contributed by atoms with E-state index in [9.17, 15) is 0 Å². The molecule has 0 saturated carbocycles. The third-order valence-electron chi connectivity index (χ3n) is 4.00. The van der Waals surface area contributed by atoms with Crippen molar-refractivity contribution < 1.29 is 4.74 Å². The molecule has 0 fully saturated rings. The first-order chi connectivity index (χ1) is 12.7. The van der Waals surface area contributed by atoms with Crippen LogP contribution >= 0.6 is 11.6 Å². The zero-order valence-corrected chi connectivity index (χ0v) is 15.6. The van der Waals surface area contributed by atoms with Gasteiger partial charge in [0.15, 0.2) is 0 Å². The van der Waals surface area contributed by atoms with Crippen molar-refractivity contribution >= 4 is 17.4 Å². The highest BCUT2D eigenvalue weighted by molar-refractivity contribution is 6.28. The molecule has 3 aromatic rings. The van der Waals surface area contributed by atoms with Gasteiger partial charge in [0, 0.05) is 18.0 Å². The second-order valence-corrected chi connectivity index (χ2v) is 6.17. The van der Waals surface area contributed by atoms with Gasteiger partial charge in [-0.15, -0.1) is 0 Å². The van der Waals surface area contributed by atoms with Gasteiger partial charge in [-0.25, -0.2) is 9.97 Å². The van der Waals surface area contributed by atoms with Crippen LogP contribution < -0.4 is 10.1 Å². The first kappa shape index (κ1) is 18.1. The maximum absolute atomic E-state index is 6.02. The molecular weight excluding hydrogens is 348 g/mol. The summed E-state index contributed by atoms with van der Waals surface area (Å²) in [5.41, 5.74) is 2.07. The molecule has 0 amide bonds. The van der Waals surface area contributed by atoms with E-state index in [1.54, 1.807) is 12.4 Å². The number of rotatable bonds is 7. The number of aryl methyl sites for hydroxylation is 1. The van der Waals surface area contributed by atoms with Crippen molar-refractivity contribution in [3.05, 3.63) is 71.4 Å². The van der Waals surface area contributed by atoms with Crippen molar-refractivity contribution in [2.45, 2.75) is 32.7 Å². The Balaban J connectivity index is 1.73. The van der Waals surface area contributed by atoms with Gasteiger partial charge < -0.3 is 10.1 Å². The Morgan fingerprint density at radius 2 is 1.88 bits per heavy atom.